The number of carbonyl (C=O) groups excluding carboxylic acids is 1. The predicted octanol–water partition coefficient (Wildman–Crippen LogP) is 3.51. The number of benzene rings is 1. The van der Waals surface area contributed by atoms with Gasteiger partial charge in [0.25, 0.3) is 0 Å². The molecule has 1 atom stereocenters. The fourth-order valence-electron chi connectivity index (χ4n) is 2.01. The lowest BCUT2D eigenvalue weighted by Crippen LogP contribution is -2.19. The first-order chi connectivity index (χ1) is 9.51. The van der Waals surface area contributed by atoms with Crippen LogP contribution in [0.25, 0.3) is 0 Å². The Morgan fingerprint density at radius 1 is 1.35 bits per heavy atom. The number of halogens is 2. The number of hydrogen-bond donors (Lipinski definition) is 0. The molecule has 0 spiro atoms. The Bertz CT molecular complexity index is 605. The van der Waals surface area contributed by atoms with Crippen molar-refractivity contribution in [3.05, 3.63) is 52.0 Å². The minimum atomic E-state index is -0.424. The highest BCUT2D eigenvalue weighted by Gasteiger charge is 2.18. The first-order valence-corrected chi connectivity index (χ1v) is 6.81. The normalized spacial score (nSPS) is 12.2. The third-order valence-electron chi connectivity index (χ3n) is 2.99. The SMILES string of the molecule is COC(=O)C(C)n1ccnc1Cc1cc(Cl)cc(Cl)c1. The Balaban J connectivity index is 2.26. The fourth-order valence-corrected chi connectivity index (χ4v) is 2.58. The summed E-state index contributed by atoms with van der Waals surface area (Å²) in [7, 11) is 1.37. The second-order valence-corrected chi connectivity index (χ2v) is 5.28. The molecule has 0 saturated heterocycles. The van der Waals surface area contributed by atoms with Crippen molar-refractivity contribution in [2.24, 2.45) is 0 Å². The van der Waals surface area contributed by atoms with Gasteiger partial charge in [-0.3, -0.25) is 0 Å². The fraction of sp³-hybridized carbons (Fsp3) is 0.286. The third kappa shape index (κ3) is 3.32. The van der Waals surface area contributed by atoms with E-state index in [0.29, 0.717) is 16.5 Å². The van der Waals surface area contributed by atoms with Crippen molar-refractivity contribution in [2.45, 2.75) is 19.4 Å². The van der Waals surface area contributed by atoms with E-state index in [1.54, 1.807) is 30.0 Å². The molecular formula is C14H14Cl2N2O2. The molecular weight excluding hydrogens is 299 g/mol. The average Bonchev–Trinajstić information content (AvgIpc) is 2.83. The summed E-state index contributed by atoms with van der Waals surface area (Å²) in [6.45, 7) is 1.77. The second kappa shape index (κ2) is 6.29. The summed E-state index contributed by atoms with van der Waals surface area (Å²) in [6, 6.07) is 4.91. The molecule has 0 aliphatic carbocycles. The molecule has 0 aliphatic rings. The second-order valence-electron chi connectivity index (χ2n) is 4.40. The van der Waals surface area contributed by atoms with Crippen LogP contribution >= 0.6 is 23.2 Å². The van der Waals surface area contributed by atoms with Gasteiger partial charge >= 0.3 is 5.97 Å². The van der Waals surface area contributed by atoms with Crippen molar-refractivity contribution in [2.75, 3.05) is 7.11 Å². The highest BCUT2D eigenvalue weighted by atomic mass is 35.5. The summed E-state index contributed by atoms with van der Waals surface area (Å²) in [5, 5.41) is 1.15. The highest BCUT2D eigenvalue weighted by Crippen LogP contribution is 2.22. The quantitative estimate of drug-likeness (QED) is 0.811. The highest BCUT2D eigenvalue weighted by molar-refractivity contribution is 6.34. The molecule has 0 aliphatic heterocycles. The van der Waals surface area contributed by atoms with E-state index >= 15 is 0 Å². The van der Waals surface area contributed by atoms with E-state index in [9.17, 15) is 4.79 Å². The molecule has 0 radical (unpaired) electrons. The lowest BCUT2D eigenvalue weighted by atomic mass is 10.1. The first-order valence-electron chi connectivity index (χ1n) is 6.05. The van der Waals surface area contributed by atoms with Crippen LogP contribution in [-0.4, -0.2) is 22.6 Å². The van der Waals surface area contributed by atoms with Gasteiger partial charge < -0.3 is 9.30 Å². The molecule has 0 amide bonds. The number of imidazole rings is 1. The van der Waals surface area contributed by atoms with Gasteiger partial charge in [-0.2, -0.15) is 0 Å². The van der Waals surface area contributed by atoms with Crippen LogP contribution in [0.2, 0.25) is 10.0 Å². The monoisotopic (exact) mass is 312 g/mol. The number of esters is 1. The number of aromatic nitrogens is 2. The van der Waals surface area contributed by atoms with Gasteiger partial charge in [0.1, 0.15) is 11.9 Å². The van der Waals surface area contributed by atoms with E-state index in [2.05, 4.69) is 4.98 Å². The minimum Gasteiger partial charge on any atom is -0.467 e. The molecule has 106 valence electrons. The molecule has 6 heteroatoms. The van der Waals surface area contributed by atoms with Crippen molar-refractivity contribution in [3.63, 3.8) is 0 Å². The van der Waals surface area contributed by atoms with Crippen molar-refractivity contribution in [1.29, 1.82) is 0 Å². The Morgan fingerprint density at radius 3 is 2.60 bits per heavy atom. The standard InChI is InChI=1S/C14H14Cl2N2O2/c1-9(14(19)20-2)18-4-3-17-13(18)7-10-5-11(15)8-12(16)6-10/h3-6,8-9H,7H2,1-2H3. The Labute approximate surface area is 127 Å². The van der Waals surface area contributed by atoms with Crippen LogP contribution < -0.4 is 0 Å². The zero-order valence-electron chi connectivity index (χ0n) is 11.1. The lowest BCUT2D eigenvalue weighted by molar-refractivity contribution is -0.144. The van der Waals surface area contributed by atoms with Crippen LogP contribution in [-0.2, 0) is 16.0 Å². The maximum atomic E-state index is 11.6. The maximum Gasteiger partial charge on any atom is 0.328 e. The Kier molecular flexibility index (Phi) is 4.68. The van der Waals surface area contributed by atoms with Gasteiger partial charge in [-0.25, -0.2) is 9.78 Å². The molecule has 20 heavy (non-hydrogen) atoms. The van der Waals surface area contributed by atoms with Crippen molar-refractivity contribution in [1.82, 2.24) is 9.55 Å². The Hall–Kier alpha value is -1.52. The van der Waals surface area contributed by atoms with Crippen molar-refractivity contribution >= 4 is 29.2 Å². The van der Waals surface area contributed by atoms with E-state index in [1.165, 1.54) is 7.11 Å². The minimum absolute atomic E-state index is 0.312. The van der Waals surface area contributed by atoms with E-state index in [0.717, 1.165) is 11.4 Å². The van der Waals surface area contributed by atoms with Crippen molar-refractivity contribution in [3.8, 4) is 0 Å². The number of nitrogens with zero attached hydrogens (tertiary/aromatic N) is 2. The zero-order valence-corrected chi connectivity index (χ0v) is 12.6. The molecule has 2 aromatic rings. The van der Waals surface area contributed by atoms with Gasteiger partial charge in [0.15, 0.2) is 0 Å². The van der Waals surface area contributed by atoms with Gasteiger partial charge in [0, 0.05) is 28.9 Å². The summed E-state index contributed by atoms with van der Waals surface area (Å²) < 4.78 is 6.53. The molecule has 0 fully saturated rings. The molecule has 1 aromatic carbocycles. The largest absolute Gasteiger partial charge is 0.467 e. The zero-order chi connectivity index (χ0) is 14.7. The Morgan fingerprint density at radius 2 is 2.00 bits per heavy atom. The number of carbonyl (C=O) groups is 1. The van der Waals surface area contributed by atoms with Crippen LogP contribution in [0.3, 0.4) is 0 Å². The molecule has 0 saturated carbocycles. The molecule has 1 heterocycles. The molecule has 1 unspecified atom stereocenters. The number of rotatable bonds is 4. The van der Waals surface area contributed by atoms with E-state index in [1.807, 2.05) is 12.1 Å². The third-order valence-corrected chi connectivity index (χ3v) is 3.43. The smallest absolute Gasteiger partial charge is 0.328 e. The van der Waals surface area contributed by atoms with Gasteiger partial charge in [-0.1, -0.05) is 23.2 Å². The lowest BCUT2D eigenvalue weighted by Gasteiger charge is -2.14. The van der Waals surface area contributed by atoms with Crippen LogP contribution in [0, 0.1) is 0 Å². The summed E-state index contributed by atoms with van der Waals surface area (Å²) >= 11 is 12.0. The predicted molar refractivity (Wildman–Crippen MR) is 78.2 cm³/mol. The first kappa shape index (κ1) is 14.9. The maximum absolute atomic E-state index is 11.6. The number of hydrogen-bond acceptors (Lipinski definition) is 3. The van der Waals surface area contributed by atoms with E-state index < -0.39 is 6.04 Å². The molecule has 0 bridgehead atoms. The molecule has 4 nitrogen and oxygen atoms in total. The topological polar surface area (TPSA) is 44.1 Å². The number of ether oxygens (including phenoxy) is 1. The molecule has 1 aromatic heterocycles. The van der Waals surface area contributed by atoms with E-state index in [4.69, 9.17) is 27.9 Å². The molecule has 2 rings (SSSR count). The summed E-state index contributed by atoms with van der Waals surface area (Å²) in [5.74, 6) is 0.439. The molecule has 0 N–H and O–H groups in total. The number of methoxy groups -OCH3 is 1. The van der Waals surface area contributed by atoms with Crippen LogP contribution in [0.4, 0.5) is 0 Å². The van der Waals surface area contributed by atoms with Crippen LogP contribution in [0.1, 0.15) is 24.4 Å². The van der Waals surface area contributed by atoms with Crippen LogP contribution in [0.15, 0.2) is 30.6 Å². The van der Waals surface area contributed by atoms with Gasteiger partial charge in [0.05, 0.1) is 7.11 Å². The van der Waals surface area contributed by atoms with Gasteiger partial charge in [-0.05, 0) is 30.7 Å². The summed E-state index contributed by atoms with van der Waals surface area (Å²) in [5.41, 5.74) is 0.937. The van der Waals surface area contributed by atoms with Crippen molar-refractivity contribution < 1.29 is 9.53 Å². The summed E-state index contributed by atoms with van der Waals surface area (Å²) in [6.07, 6.45) is 3.94. The van der Waals surface area contributed by atoms with Gasteiger partial charge in [-0.15, -0.1) is 0 Å². The van der Waals surface area contributed by atoms with Gasteiger partial charge in [0.2, 0.25) is 0 Å². The van der Waals surface area contributed by atoms with E-state index in [-0.39, 0.29) is 5.97 Å². The van der Waals surface area contributed by atoms with Crippen LogP contribution in [0.5, 0.6) is 0 Å². The average molecular weight is 313 g/mol. The summed E-state index contributed by atoms with van der Waals surface area (Å²) in [4.78, 5) is 15.9.